The van der Waals surface area contributed by atoms with E-state index in [1.54, 1.807) is 25.4 Å². The van der Waals surface area contributed by atoms with Gasteiger partial charge in [-0.1, -0.05) is 6.07 Å². The fourth-order valence-corrected chi connectivity index (χ4v) is 2.29. The molecule has 0 radical (unpaired) electrons. The summed E-state index contributed by atoms with van der Waals surface area (Å²) in [7, 11) is 0. The summed E-state index contributed by atoms with van der Waals surface area (Å²) >= 11 is 1.25. The van der Waals surface area contributed by atoms with Crippen molar-refractivity contribution >= 4 is 28.9 Å². The van der Waals surface area contributed by atoms with E-state index in [2.05, 4.69) is 10.3 Å². The average Bonchev–Trinajstić information content (AvgIpc) is 2.78. The number of nitrogens with zero attached hydrogens (tertiary/aromatic N) is 1. The maximum absolute atomic E-state index is 12.0. The monoisotopic (exact) mass is 276 g/mol. The number of nitrogens with one attached hydrogen (secondary N) is 1. The van der Waals surface area contributed by atoms with E-state index >= 15 is 0 Å². The van der Waals surface area contributed by atoms with Gasteiger partial charge in [-0.2, -0.15) is 0 Å². The summed E-state index contributed by atoms with van der Waals surface area (Å²) in [5.41, 5.74) is 3.71. The van der Waals surface area contributed by atoms with Crippen LogP contribution in [0, 0.1) is 13.8 Å². The predicted molar refractivity (Wildman–Crippen MR) is 72.9 cm³/mol. The van der Waals surface area contributed by atoms with Gasteiger partial charge in [0.2, 0.25) is 0 Å². The molecule has 1 aromatic carbocycles. The van der Waals surface area contributed by atoms with Gasteiger partial charge in [0.15, 0.2) is 0 Å². The van der Waals surface area contributed by atoms with Crippen LogP contribution in [0.5, 0.6) is 0 Å². The summed E-state index contributed by atoms with van der Waals surface area (Å²) in [6, 6.07) is 4.62. The fraction of sp³-hybridized carbons (Fsp3) is 0.154. The Bertz CT molecular complexity index is 649. The summed E-state index contributed by atoms with van der Waals surface area (Å²) in [4.78, 5) is 27.5. The molecule has 5 nitrogen and oxygen atoms in total. The Kier molecular flexibility index (Phi) is 3.62. The summed E-state index contributed by atoms with van der Waals surface area (Å²) in [5.74, 6) is -1.30. The van der Waals surface area contributed by atoms with Crippen molar-refractivity contribution in [1.82, 2.24) is 4.98 Å². The zero-order valence-electron chi connectivity index (χ0n) is 10.4. The number of rotatable bonds is 3. The first-order valence-corrected chi connectivity index (χ1v) is 6.42. The number of carbonyl (C=O) groups excluding carboxylic acids is 1. The van der Waals surface area contributed by atoms with Gasteiger partial charge < -0.3 is 10.4 Å². The zero-order chi connectivity index (χ0) is 14.0. The maximum Gasteiger partial charge on any atom is 0.335 e. The van der Waals surface area contributed by atoms with Crippen molar-refractivity contribution in [3.8, 4) is 0 Å². The van der Waals surface area contributed by atoms with Crippen molar-refractivity contribution in [1.29, 1.82) is 0 Å². The molecule has 0 spiro atoms. The molecule has 1 heterocycles. The van der Waals surface area contributed by atoms with E-state index in [0.717, 1.165) is 5.56 Å². The molecule has 0 bridgehead atoms. The molecule has 0 saturated heterocycles. The summed E-state index contributed by atoms with van der Waals surface area (Å²) in [5, 5.41) is 11.7. The topological polar surface area (TPSA) is 79.3 Å². The first-order valence-electron chi connectivity index (χ1n) is 5.54. The lowest BCUT2D eigenvalue weighted by molar-refractivity contribution is 0.0696. The Hall–Kier alpha value is -2.21. The number of aromatic carboxylic acids is 1. The lowest BCUT2D eigenvalue weighted by atomic mass is 10.1. The van der Waals surface area contributed by atoms with Gasteiger partial charge in [-0.05, 0) is 31.5 Å². The molecule has 0 aliphatic rings. The third kappa shape index (κ3) is 2.79. The molecule has 19 heavy (non-hydrogen) atoms. The van der Waals surface area contributed by atoms with E-state index < -0.39 is 5.97 Å². The Morgan fingerprint density at radius 2 is 2.05 bits per heavy atom. The average molecular weight is 276 g/mol. The van der Waals surface area contributed by atoms with Crippen LogP contribution in [0.3, 0.4) is 0 Å². The molecular formula is C13H12N2O3S. The molecule has 2 N–H and O–H groups in total. The van der Waals surface area contributed by atoms with E-state index in [1.165, 1.54) is 23.5 Å². The van der Waals surface area contributed by atoms with Crippen LogP contribution in [0.25, 0.3) is 0 Å². The quantitative estimate of drug-likeness (QED) is 0.903. The van der Waals surface area contributed by atoms with Crippen LogP contribution < -0.4 is 5.32 Å². The largest absolute Gasteiger partial charge is 0.478 e. The van der Waals surface area contributed by atoms with E-state index in [4.69, 9.17) is 5.11 Å². The number of hydrogen-bond acceptors (Lipinski definition) is 4. The molecule has 98 valence electrons. The maximum atomic E-state index is 12.0. The van der Waals surface area contributed by atoms with E-state index in [0.29, 0.717) is 16.3 Å². The van der Waals surface area contributed by atoms with Crippen LogP contribution >= 0.6 is 11.3 Å². The van der Waals surface area contributed by atoms with Crippen molar-refractivity contribution in [2.45, 2.75) is 13.8 Å². The Labute approximate surface area is 113 Å². The number of hydrogen-bond donors (Lipinski definition) is 2. The van der Waals surface area contributed by atoms with Gasteiger partial charge in [0.1, 0.15) is 4.88 Å². The Morgan fingerprint density at radius 1 is 1.32 bits per heavy atom. The number of benzene rings is 1. The number of amides is 1. The predicted octanol–water partition coefficient (Wildman–Crippen LogP) is 2.71. The van der Waals surface area contributed by atoms with Crippen LogP contribution in [0.15, 0.2) is 23.7 Å². The van der Waals surface area contributed by atoms with Crippen molar-refractivity contribution in [3.05, 3.63) is 45.4 Å². The molecule has 0 fully saturated rings. The minimum atomic E-state index is -1.02. The minimum absolute atomic E-state index is 0.141. The van der Waals surface area contributed by atoms with Crippen molar-refractivity contribution in [2.24, 2.45) is 0 Å². The molecule has 0 aliphatic heterocycles. The lowest BCUT2D eigenvalue weighted by Gasteiger charge is -2.08. The number of carboxylic acid groups (broad SMARTS) is 1. The first kappa shape index (κ1) is 13.2. The third-order valence-corrected chi connectivity index (χ3v) is 3.61. The minimum Gasteiger partial charge on any atom is -0.478 e. The highest BCUT2D eigenvalue weighted by molar-refractivity contribution is 7.12. The number of thiazole rings is 1. The van der Waals surface area contributed by atoms with E-state index in [-0.39, 0.29) is 11.5 Å². The van der Waals surface area contributed by atoms with Gasteiger partial charge in [0.05, 0.1) is 16.8 Å². The highest BCUT2D eigenvalue weighted by atomic mass is 32.1. The second kappa shape index (κ2) is 5.19. The van der Waals surface area contributed by atoms with Crippen LogP contribution in [-0.4, -0.2) is 22.0 Å². The van der Waals surface area contributed by atoms with Crippen molar-refractivity contribution in [2.75, 3.05) is 5.32 Å². The molecule has 2 aromatic rings. The molecule has 0 atom stereocenters. The van der Waals surface area contributed by atoms with E-state index in [1.807, 2.05) is 0 Å². The number of anilines is 1. The van der Waals surface area contributed by atoms with Gasteiger partial charge in [0.25, 0.3) is 5.91 Å². The van der Waals surface area contributed by atoms with Gasteiger partial charge in [0, 0.05) is 5.69 Å². The molecule has 0 saturated carbocycles. The fourth-order valence-electron chi connectivity index (χ4n) is 1.59. The zero-order valence-corrected chi connectivity index (χ0v) is 11.2. The second-order valence-corrected chi connectivity index (χ2v) is 4.91. The van der Waals surface area contributed by atoms with Gasteiger partial charge in [-0.25, -0.2) is 9.78 Å². The standard InChI is InChI=1S/C13H12N2O3S/c1-7-3-4-9(13(17)18)5-10(7)15-12(16)11-8(2)14-6-19-11/h3-6H,1-2H3,(H,15,16)(H,17,18). The first-order chi connectivity index (χ1) is 8.99. The highest BCUT2D eigenvalue weighted by Gasteiger charge is 2.14. The van der Waals surface area contributed by atoms with Gasteiger partial charge in [-0.3, -0.25) is 4.79 Å². The molecule has 2 rings (SSSR count). The number of aryl methyl sites for hydroxylation is 2. The van der Waals surface area contributed by atoms with Crippen molar-refractivity contribution in [3.63, 3.8) is 0 Å². The van der Waals surface area contributed by atoms with Gasteiger partial charge >= 0.3 is 5.97 Å². The molecule has 6 heteroatoms. The smallest absolute Gasteiger partial charge is 0.335 e. The van der Waals surface area contributed by atoms with Gasteiger partial charge in [-0.15, -0.1) is 11.3 Å². The Morgan fingerprint density at radius 3 is 2.63 bits per heavy atom. The third-order valence-electron chi connectivity index (χ3n) is 2.68. The lowest BCUT2D eigenvalue weighted by Crippen LogP contribution is -2.13. The second-order valence-electron chi connectivity index (χ2n) is 4.06. The van der Waals surface area contributed by atoms with Crippen molar-refractivity contribution < 1.29 is 14.7 Å². The normalized spacial score (nSPS) is 10.2. The Balaban J connectivity index is 2.28. The SMILES string of the molecule is Cc1ccc(C(=O)O)cc1NC(=O)c1scnc1C. The summed E-state index contributed by atoms with van der Waals surface area (Å²) in [6.45, 7) is 3.56. The molecule has 1 amide bonds. The number of carbonyl (C=O) groups is 2. The molecular weight excluding hydrogens is 264 g/mol. The molecule has 1 aromatic heterocycles. The van der Waals surface area contributed by atoms with Crippen LogP contribution in [0.2, 0.25) is 0 Å². The molecule has 0 unspecified atom stereocenters. The van der Waals surface area contributed by atoms with Crippen LogP contribution in [0.4, 0.5) is 5.69 Å². The number of aromatic nitrogens is 1. The van der Waals surface area contributed by atoms with Crippen LogP contribution in [0.1, 0.15) is 31.3 Å². The molecule has 0 aliphatic carbocycles. The van der Waals surface area contributed by atoms with E-state index in [9.17, 15) is 9.59 Å². The summed E-state index contributed by atoms with van der Waals surface area (Å²) < 4.78 is 0. The highest BCUT2D eigenvalue weighted by Crippen LogP contribution is 2.20. The number of carboxylic acids is 1. The van der Waals surface area contributed by atoms with Crippen LogP contribution in [-0.2, 0) is 0 Å². The summed E-state index contributed by atoms with van der Waals surface area (Å²) in [6.07, 6.45) is 0.